The Bertz CT molecular complexity index is 1740. The first-order valence-electron chi connectivity index (χ1n) is 12.9. The number of rotatable bonds is 10. The largest absolute Gasteiger partial charge is 0.497 e. The number of ether oxygens (including phenoxy) is 2. The number of benzene rings is 2. The van der Waals surface area contributed by atoms with E-state index in [1.165, 1.54) is 30.3 Å². The van der Waals surface area contributed by atoms with E-state index in [2.05, 4.69) is 20.4 Å². The lowest BCUT2D eigenvalue weighted by molar-refractivity contribution is -0.192. The number of H-pyrrole nitrogens is 1. The predicted octanol–water partition coefficient (Wildman–Crippen LogP) is 2.69. The van der Waals surface area contributed by atoms with E-state index in [0.29, 0.717) is 11.3 Å². The first kappa shape index (κ1) is 34.5. The molecule has 2 aromatic carbocycles. The van der Waals surface area contributed by atoms with Crippen LogP contribution in [0.15, 0.2) is 65.6 Å². The van der Waals surface area contributed by atoms with Crippen molar-refractivity contribution in [2.75, 3.05) is 33.1 Å². The maximum Gasteiger partial charge on any atom is 0.490 e. The van der Waals surface area contributed by atoms with Gasteiger partial charge in [-0.05, 0) is 42.5 Å². The minimum Gasteiger partial charge on any atom is -0.497 e. The fraction of sp³-hybridized carbons (Fsp3) is 0.214. The monoisotopic (exact) mass is 648 g/mol. The number of amidine groups is 1. The molecule has 0 bridgehead atoms. The maximum absolute atomic E-state index is 16.0. The molecule has 0 radical (unpaired) electrons. The lowest BCUT2D eigenvalue weighted by Crippen LogP contribution is -2.27. The van der Waals surface area contributed by atoms with Crippen LogP contribution in [0.2, 0.25) is 0 Å². The van der Waals surface area contributed by atoms with Crippen molar-refractivity contribution in [1.29, 1.82) is 5.41 Å². The fourth-order valence-electron chi connectivity index (χ4n) is 3.61. The highest BCUT2D eigenvalue weighted by Crippen LogP contribution is 2.35. The van der Waals surface area contributed by atoms with Crippen LogP contribution in [-0.2, 0) is 9.59 Å². The van der Waals surface area contributed by atoms with Gasteiger partial charge in [0, 0.05) is 43.2 Å². The van der Waals surface area contributed by atoms with Gasteiger partial charge in [0.25, 0.3) is 5.91 Å². The summed E-state index contributed by atoms with van der Waals surface area (Å²) in [7, 11) is 4.53. The molecule has 46 heavy (non-hydrogen) atoms. The molecule has 0 saturated heterocycles. The van der Waals surface area contributed by atoms with Crippen LogP contribution in [0.25, 0.3) is 5.82 Å². The van der Waals surface area contributed by atoms with E-state index >= 15 is 4.39 Å². The maximum atomic E-state index is 16.0. The number of hydrogen-bond donors (Lipinski definition) is 5. The number of amides is 1. The molecular formula is C28H28F4N8O6. The number of alkyl halides is 3. The normalized spacial score (nSPS) is 11.5. The number of nitrogen functional groups attached to an aromatic ring is 1. The number of likely N-dealkylation sites (N-methyl/N-ethyl adjacent to an activating group) is 1. The second kappa shape index (κ2) is 14.7. The van der Waals surface area contributed by atoms with Crippen LogP contribution in [0.3, 0.4) is 0 Å². The Balaban J connectivity index is 0.000000738. The highest BCUT2D eigenvalue weighted by molar-refractivity contribution is 5.95. The Morgan fingerprint density at radius 1 is 1.17 bits per heavy atom. The number of aliphatic carboxylic acids is 1. The van der Waals surface area contributed by atoms with Crippen LogP contribution in [0.4, 0.5) is 23.2 Å². The van der Waals surface area contributed by atoms with Crippen molar-refractivity contribution in [3.63, 3.8) is 0 Å². The number of carbonyl (C=O) groups excluding carboxylic acids is 1. The highest BCUT2D eigenvalue weighted by Gasteiger charge is 2.38. The average molecular weight is 649 g/mol. The van der Waals surface area contributed by atoms with Gasteiger partial charge in [-0.15, -0.1) is 5.10 Å². The lowest BCUT2D eigenvalue weighted by atomic mass is 10.0. The Labute approximate surface area is 257 Å². The van der Waals surface area contributed by atoms with Crippen LogP contribution in [0, 0.1) is 11.2 Å². The predicted molar refractivity (Wildman–Crippen MR) is 156 cm³/mol. The third-order valence-corrected chi connectivity index (χ3v) is 5.96. The number of pyridine rings is 1. The number of carbonyl (C=O) groups is 2. The number of carboxylic acids is 1. The SMILES string of the molecule is COc1cc(OCC(=O)N(C)C)c(F)c(C(Nc2ccc(C(=N)N)cc2)c2nn(-c3ccccn3)c(=O)[nH]2)c1.O=C(O)C(F)(F)F. The molecule has 0 aliphatic rings. The van der Waals surface area contributed by atoms with Gasteiger partial charge in [-0.1, -0.05) is 6.07 Å². The van der Waals surface area contributed by atoms with Crippen molar-refractivity contribution in [3.05, 3.63) is 94.0 Å². The quantitative estimate of drug-likeness (QED) is 0.0967. The summed E-state index contributed by atoms with van der Waals surface area (Å²) < 4.78 is 59.6. The fourth-order valence-corrected chi connectivity index (χ4v) is 3.61. The molecule has 4 rings (SSSR count). The number of halogens is 4. The molecule has 244 valence electrons. The van der Waals surface area contributed by atoms with Gasteiger partial charge < -0.3 is 30.5 Å². The molecule has 0 saturated carbocycles. The summed E-state index contributed by atoms with van der Waals surface area (Å²) in [6.07, 6.45) is -3.57. The van der Waals surface area contributed by atoms with Crippen LogP contribution < -0.4 is 26.2 Å². The van der Waals surface area contributed by atoms with Crippen molar-refractivity contribution in [2.45, 2.75) is 12.2 Å². The first-order valence-corrected chi connectivity index (χ1v) is 12.9. The van der Waals surface area contributed by atoms with Gasteiger partial charge in [-0.3, -0.25) is 15.2 Å². The van der Waals surface area contributed by atoms with E-state index in [1.54, 1.807) is 56.6 Å². The number of anilines is 1. The van der Waals surface area contributed by atoms with Crippen molar-refractivity contribution < 1.29 is 41.7 Å². The molecular weight excluding hydrogens is 620 g/mol. The van der Waals surface area contributed by atoms with E-state index in [1.807, 2.05) is 0 Å². The number of methoxy groups -OCH3 is 1. The molecule has 14 nitrogen and oxygen atoms in total. The second-order valence-corrected chi connectivity index (χ2v) is 9.39. The minimum absolute atomic E-state index is 0.0271. The Morgan fingerprint density at radius 3 is 2.35 bits per heavy atom. The third-order valence-electron chi connectivity index (χ3n) is 5.96. The van der Waals surface area contributed by atoms with Gasteiger partial charge in [-0.2, -0.15) is 17.9 Å². The van der Waals surface area contributed by atoms with Gasteiger partial charge in [-0.25, -0.2) is 19.0 Å². The molecule has 2 aromatic heterocycles. The topological polar surface area (TPSA) is 202 Å². The minimum atomic E-state index is -5.08. The summed E-state index contributed by atoms with van der Waals surface area (Å²) in [5.41, 5.74) is 6.02. The van der Waals surface area contributed by atoms with E-state index in [4.69, 9.17) is 30.5 Å². The molecule has 18 heteroatoms. The standard InChI is InChI=1S/C26H27FN8O4.C2HF3O2/c1-34(2)21(36)14-39-19-13-17(38-3)12-18(22(19)27)23(31-16-9-7-15(8-10-16)24(28)29)25-32-26(37)35(33-25)20-6-4-5-11-30-20;3-2(4,5)1(6)7/h4-13,23,31H,14H2,1-3H3,(H3,28,29)(H,32,33,37);(H,6,7). The Hall–Kier alpha value is -5.94. The molecule has 2 heterocycles. The summed E-state index contributed by atoms with van der Waals surface area (Å²) in [5.74, 6) is -3.63. The Morgan fingerprint density at radius 2 is 1.83 bits per heavy atom. The molecule has 4 aromatic rings. The van der Waals surface area contributed by atoms with E-state index in [0.717, 1.165) is 4.68 Å². The van der Waals surface area contributed by atoms with Crippen LogP contribution >= 0.6 is 0 Å². The van der Waals surface area contributed by atoms with E-state index < -0.39 is 36.3 Å². The summed E-state index contributed by atoms with van der Waals surface area (Å²) in [6.45, 7) is -0.397. The average Bonchev–Trinajstić information content (AvgIpc) is 3.40. The summed E-state index contributed by atoms with van der Waals surface area (Å²) in [6, 6.07) is 13.3. The van der Waals surface area contributed by atoms with Crippen molar-refractivity contribution in [3.8, 4) is 17.3 Å². The zero-order valence-electron chi connectivity index (χ0n) is 24.4. The van der Waals surface area contributed by atoms with E-state index in [-0.39, 0.29) is 40.4 Å². The molecule has 1 unspecified atom stereocenters. The lowest BCUT2D eigenvalue weighted by Gasteiger charge is -2.21. The molecule has 0 aliphatic heterocycles. The summed E-state index contributed by atoms with van der Waals surface area (Å²) in [5, 5.41) is 22.3. The van der Waals surface area contributed by atoms with Crippen LogP contribution in [0.1, 0.15) is 23.0 Å². The summed E-state index contributed by atoms with van der Waals surface area (Å²) >= 11 is 0. The smallest absolute Gasteiger partial charge is 0.490 e. The van der Waals surface area contributed by atoms with Crippen molar-refractivity contribution in [2.24, 2.45) is 5.73 Å². The third kappa shape index (κ3) is 8.80. The van der Waals surface area contributed by atoms with E-state index in [9.17, 15) is 22.8 Å². The zero-order valence-corrected chi connectivity index (χ0v) is 24.4. The Kier molecular flexibility index (Phi) is 11.0. The van der Waals surface area contributed by atoms with Crippen LogP contribution in [-0.4, -0.2) is 81.5 Å². The highest BCUT2D eigenvalue weighted by atomic mass is 19.4. The number of aromatic nitrogens is 4. The molecule has 1 atom stereocenters. The number of aromatic amines is 1. The number of nitrogens with zero attached hydrogens (tertiary/aromatic N) is 4. The molecule has 6 N–H and O–H groups in total. The number of nitrogens with two attached hydrogens (primary N) is 1. The second-order valence-electron chi connectivity index (χ2n) is 9.39. The number of nitrogens with one attached hydrogen (secondary N) is 3. The zero-order chi connectivity index (χ0) is 34.2. The number of carboxylic acid groups (broad SMARTS) is 1. The van der Waals surface area contributed by atoms with Crippen LogP contribution in [0.5, 0.6) is 11.5 Å². The summed E-state index contributed by atoms with van der Waals surface area (Å²) in [4.78, 5) is 41.9. The first-order chi connectivity index (χ1) is 21.6. The van der Waals surface area contributed by atoms with Gasteiger partial charge in [0.15, 0.2) is 29.8 Å². The molecule has 0 aliphatic carbocycles. The molecule has 1 amide bonds. The number of hydrogen-bond acceptors (Lipinski definition) is 9. The molecule has 0 spiro atoms. The van der Waals surface area contributed by atoms with Gasteiger partial charge >= 0.3 is 17.8 Å². The van der Waals surface area contributed by atoms with Gasteiger partial charge in [0.1, 0.15) is 17.6 Å². The van der Waals surface area contributed by atoms with Gasteiger partial charge in [0.05, 0.1) is 7.11 Å². The molecule has 0 fully saturated rings. The van der Waals surface area contributed by atoms with Gasteiger partial charge in [0.2, 0.25) is 0 Å². The van der Waals surface area contributed by atoms with Crippen molar-refractivity contribution in [1.82, 2.24) is 24.6 Å². The van der Waals surface area contributed by atoms with Crippen molar-refractivity contribution >= 4 is 23.4 Å².